The number of nitrogens with one attached hydrogen (secondary N) is 1. The zero-order valence-corrected chi connectivity index (χ0v) is 16.0. The van der Waals surface area contributed by atoms with E-state index in [9.17, 15) is 0 Å². The van der Waals surface area contributed by atoms with Gasteiger partial charge in [-0.05, 0) is 60.7 Å². The van der Waals surface area contributed by atoms with E-state index in [-0.39, 0.29) is 0 Å². The molecule has 25 heavy (non-hydrogen) atoms. The first-order valence-electron chi connectivity index (χ1n) is 9.30. The summed E-state index contributed by atoms with van der Waals surface area (Å²) in [5.74, 6) is 2.39. The molecule has 2 aromatic carbocycles. The van der Waals surface area contributed by atoms with E-state index in [2.05, 4.69) is 51.2 Å². The first kappa shape index (κ1) is 19.2. The van der Waals surface area contributed by atoms with Gasteiger partial charge in [0.15, 0.2) is 0 Å². The van der Waals surface area contributed by atoms with Crippen LogP contribution in [-0.2, 0) is 0 Å². The molecule has 0 aromatic heterocycles. The van der Waals surface area contributed by atoms with Gasteiger partial charge in [-0.2, -0.15) is 0 Å². The number of ether oxygens (including phenoxy) is 2. The Bertz CT molecular complexity index is 635. The summed E-state index contributed by atoms with van der Waals surface area (Å²) in [6.07, 6.45) is 2.24. The lowest BCUT2D eigenvalue weighted by molar-refractivity contribution is 0.309. The summed E-state index contributed by atoms with van der Waals surface area (Å²) < 4.78 is 11.7. The highest BCUT2D eigenvalue weighted by Crippen LogP contribution is 2.27. The normalized spacial score (nSPS) is 10.8. The fraction of sp³-hybridized carbons (Fsp3) is 0.455. The Labute approximate surface area is 152 Å². The molecule has 0 unspecified atom stereocenters. The Morgan fingerprint density at radius 3 is 2.40 bits per heavy atom. The highest BCUT2D eigenvalue weighted by Gasteiger charge is 2.07. The standard InChI is InChI=1S/C22H31NO2/c1-5-6-14-24-20-10-8-19(9-11-20)23-13-15-25-22-16-18(4)7-12-21(22)17(2)3/h7-12,16-17,23H,5-6,13-15H2,1-4H3. The van der Waals surface area contributed by atoms with Crippen LogP contribution in [0.3, 0.4) is 0 Å². The third-order valence-corrected chi connectivity index (χ3v) is 4.10. The minimum absolute atomic E-state index is 0.462. The maximum atomic E-state index is 6.00. The van der Waals surface area contributed by atoms with E-state index in [0.717, 1.165) is 43.2 Å². The zero-order valence-electron chi connectivity index (χ0n) is 16.0. The quantitative estimate of drug-likeness (QED) is 0.555. The summed E-state index contributed by atoms with van der Waals surface area (Å²) in [5.41, 5.74) is 3.57. The van der Waals surface area contributed by atoms with Crippen molar-refractivity contribution in [3.05, 3.63) is 53.6 Å². The van der Waals surface area contributed by atoms with E-state index in [1.165, 1.54) is 11.1 Å². The molecule has 0 aliphatic rings. The second kappa shape index (κ2) is 9.97. The molecule has 3 heteroatoms. The summed E-state index contributed by atoms with van der Waals surface area (Å²) in [4.78, 5) is 0. The van der Waals surface area contributed by atoms with E-state index in [1.807, 2.05) is 24.3 Å². The molecule has 0 radical (unpaired) electrons. The summed E-state index contributed by atoms with van der Waals surface area (Å²) in [5, 5.41) is 3.39. The molecule has 3 nitrogen and oxygen atoms in total. The van der Waals surface area contributed by atoms with Crippen molar-refractivity contribution < 1.29 is 9.47 Å². The van der Waals surface area contributed by atoms with Gasteiger partial charge >= 0.3 is 0 Å². The van der Waals surface area contributed by atoms with Crippen LogP contribution in [0, 0.1) is 6.92 Å². The summed E-state index contributed by atoms with van der Waals surface area (Å²) in [7, 11) is 0. The molecule has 0 fully saturated rings. The largest absolute Gasteiger partial charge is 0.494 e. The molecule has 0 aliphatic carbocycles. The smallest absolute Gasteiger partial charge is 0.123 e. The van der Waals surface area contributed by atoms with E-state index in [0.29, 0.717) is 12.5 Å². The molecule has 1 N–H and O–H groups in total. The van der Waals surface area contributed by atoms with Gasteiger partial charge in [0.2, 0.25) is 0 Å². The van der Waals surface area contributed by atoms with Crippen molar-refractivity contribution in [3.8, 4) is 11.5 Å². The molecule has 2 aromatic rings. The average Bonchev–Trinajstić information content (AvgIpc) is 2.60. The number of hydrogen-bond donors (Lipinski definition) is 1. The van der Waals surface area contributed by atoms with Crippen LogP contribution in [0.5, 0.6) is 11.5 Å². The molecular formula is C22H31NO2. The van der Waals surface area contributed by atoms with Crippen LogP contribution < -0.4 is 14.8 Å². The predicted octanol–water partition coefficient (Wildman–Crippen LogP) is 5.79. The lowest BCUT2D eigenvalue weighted by Gasteiger charge is -2.15. The van der Waals surface area contributed by atoms with Gasteiger partial charge in [0.05, 0.1) is 6.61 Å². The van der Waals surface area contributed by atoms with Crippen molar-refractivity contribution in [2.45, 2.75) is 46.5 Å². The lowest BCUT2D eigenvalue weighted by Crippen LogP contribution is -2.12. The van der Waals surface area contributed by atoms with Crippen LogP contribution in [-0.4, -0.2) is 19.8 Å². The number of unbranched alkanes of at least 4 members (excludes halogenated alkanes) is 1. The molecule has 0 amide bonds. The number of rotatable bonds is 10. The van der Waals surface area contributed by atoms with Gasteiger partial charge < -0.3 is 14.8 Å². The fourth-order valence-electron chi connectivity index (χ4n) is 2.60. The van der Waals surface area contributed by atoms with Crippen molar-refractivity contribution >= 4 is 5.69 Å². The van der Waals surface area contributed by atoms with Crippen LogP contribution >= 0.6 is 0 Å². The Morgan fingerprint density at radius 1 is 0.960 bits per heavy atom. The van der Waals surface area contributed by atoms with Crippen molar-refractivity contribution in [3.63, 3.8) is 0 Å². The Kier molecular flexibility index (Phi) is 7.65. The molecular weight excluding hydrogens is 310 g/mol. The molecule has 2 rings (SSSR count). The van der Waals surface area contributed by atoms with Gasteiger partial charge in [-0.3, -0.25) is 0 Å². The zero-order chi connectivity index (χ0) is 18.1. The van der Waals surface area contributed by atoms with Crippen LogP contribution in [0.25, 0.3) is 0 Å². The molecule has 0 aliphatic heterocycles. The Hall–Kier alpha value is -2.16. The number of aryl methyl sites for hydroxylation is 1. The monoisotopic (exact) mass is 341 g/mol. The highest BCUT2D eigenvalue weighted by atomic mass is 16.5. The summed E-state index contributed by atoms with van der Waals surface area (Å²) >= 11 is 0. The van der Waals surface area contributed by atoms with Gasteiger partial charge in [-0.25, -0.2) is 0 Å². The van der Waals surface area contributed by atoms with Crippen LogP contribution in [0.1, 0.15) is 50.7 Å². The molecule has 0 saturated heterocycles. The second-order valence-electron chi connectivity index (χ2n) is 6.70. The first-order chi connectivity index (χ1) is 12.1. The number of hydrogen-bond acceptors (Lipinski definition) is 3. The van der Waals surface area contributed by atoms with Crippen molar-refractivity contribution in [2.75, 3.05) is 25.1 Å². The van der Waals surface area contributed by atoms with Crippen LogP contribution in [0.2, 0.25) is 0 Å². The second-order valence-corrected chi connectivity index (χ2v) is 6.70. The Morgan fingerprint density at radius 2 is 1.72 bits per heavy atom. The van der Waals surface area contributed by atoms with E-state index in [4.69, 9.17) is 9.47 Å². The van der Waals surface area contributed by atoms with Crippen molar-refractivity contribution in [2.24, 2.45) is 0 Å². The number of benzene rings is 2. The van der Waals surface area contributed by atoms with Crippen LogP contribution in [0.4, 0.5) is 5.69 Å². The third-order valence-electron chi connectivity index (χ3n) is 4.10. The van der Waals surface area contributed by atoms with Gasteiger partial charge in [0.1, 0.15) is 18.1 Å². The van der Waals surface area contributed by atoms with Gasteiger partial charge in [0.25, 0.3) is 0 Å². The topological polar surface area (TPSA) is 30.5 Å². The van der Waals surface area contributed by atoms with Crippen molar-refractivity contribution in [1.29, 1.82) is 0 Å². The maximum Gasteiger partial charge on any atom is 0.123 e. The maximum absolute atomic E-state index is 6.00. The fourth-order valence-corrected chi connectivity index (χ4v) is 2.60. The van der Waals surface area contributed by atoms with Gasteiger partial charge in [0, 0.05) is 12.2 Å². The minimum atomic E-state index is 0.462. The first-order valence-corrected chi connectivity index (χ1v) is 9.30. The third kappa shape index (κ3) is 6.33. The summed E-state index contributed by atoms with van der Waals surface area (Å²) in [6, 6.07) is 14.6. The van der Waals surface area contributed by atoms with E-state index >= 15 is 0 Å². The lowest BCUT2D eigenvalue weighted by atomic mass is 10.0. The van der Waals surface area contributed by atoms with Gasteiger partial charge in [-0.15, -0.1) is 0 Å². The van der Waals surface area contributed by atoms with Crippen LogP contribution in [0.15, 0.2) is 42.5 Å². The molecule has 0 atom stereocenters. The molecule has 0 heterocycles. The van der Waals surface area contributed by atoms with E-state index in [1.54, 1.807) is 0 Å². The number of anilines is 1. The highest BCUT2D eigenvalue weighted by molar-refractivity contribution is 5.46. The molecule has 136 valence electrons. The van der Waals surface area contributed by atoms with Gasteiger partial charge in [-0.1, -0.05) is 39.3 Å². The molecule has 0 saturated carbocycles. The average molecular weight is 341 g/mol. The minimum Gasteiger partial charge on any atom is -0.494 e. The predicted molar refractivity (Wildman–Crippen MR) is 106 cm³/mol. The summed E-state index contributed by atoms with van der Waals surface area (Å²) in [6.45, 7) is 10.8. The van der Waals surface area contributed by atoms with E-state index < -0.39 is 0 Å². The molecule has 0 bridgehead atoms. The molecule has 0 spiro atoms. The Balaban J connectivity index is 1.78. The SMILES string of the molecule is CCCCOc1ccc(NCCOc2cc(C)ccc2C(C)C)cc1. The van der Waals surface area contributed by atoms with Crippen molar-refractivity contribution in [1.82, 2.24) is 0 Å².